The molecule has 1 aromatic carbocycles. The topological polar surface area (TPSA) is 41.1 Å². The Morgan fingerprint density at radius 3 is 2.59 bits per heavy atom. The summed E-state index contributed by atoms with van der Waals surface area (Å²) >= 11 is 0. The fraction of sp³-hybridized carbons (Fsp3) is 0.500. The van der Waals surface area contributed by atoms with E-state index < -0.39 is 0 Å². The van der Waals surface area contributed by atoms with Gasteiger partial charge in [-0.15, -0.1) is 0 Å². The summed E-state index contributed by atoms with van der Waals surface area (Å²) in [5.74, 6) is 0.0295. The third kappa shape index (κ3) is 4.47. The quantitative estimate of drug-likeness (QED) is 0.822. The van der Waals surface area contributed by atoms with Crippen molar-refractivity contribution in [2.24, 2.45) is 0 Å². The van der Waals surface area contributed by atoms with Crippen LogP contribution in [0, 0.1) is 0 Å². The fourth-order valence-electron chi connectivity index (χ4n) is 1.61. The highest BCUT2D eigenvalue weighted by Crippen LogP contribution is 2.12. The summed E-state index contributed by atoms with van der Waals surface area (Å²) in [6.07, 6.45) is 1.00. The average Bonchev–Trinajstić information content (AvgIpc) is 2.28. The van der Waals surface area contributed by atoms with Crippen molar-refractivity contribution in [2.75, 3.05) is 5.32 Å². The van der Waals surface area contributed by atoms with Crippen molar-refractivity contribution in [1.82, 2.24) is 5.32 Å². The number of aryl methyl sites for hydroxylation is 1. The van der Waals surface area contributed by atoms with Crippen LogP contribution in [0.3, 0.4) is 0 Å². The highest BCUT2D eigenvalue weighted by molar-refractivity contribution is 5.84. The van der Waals surface area contributed by atoms with E-state index in [-0.39, 0.29) is 18.0 Å². The van der Waals surface area contributed by atoms with Crippen molar-refractivity contribution in [3.63, 3.8) is 0 Å². The molecule has 1 unspecified atom stereocenters. The van der Waals surface area contributed by atoms with Gasteiger partial charge in [0.2, 0.25) is 5.91 Å². The molecule has 0 aliphatic rings. The van der Waals surface area contributed by atoms with Crippen molar-refractivity contribution >= 4 is 11.6 Å². The van der Waals surface area contributed by atoms with Crippen molar-refractivity contribution < 1.29 is 4.79 Å². The summed E-state index contributed by atoms with van der Waals surface area (Å²) in [5.41, 5.74) is 2.27. The summed E-state index contributed by atoms with van der Waals surface area (Å²) in [7, 11) is 0. The van der Waals surface area contributed by atoms with Crippen LogP contribution in [0.25, 0.3) is 0 Å². The maximum atomic E-state index is 11.7. The van der Waals surface area contributed by atoms with Crippen LogP contribution >= 0.6 is 0 Å². The molecule has 17 heavy (non-hydrogen) atoms. The van der Waals surface area contributed by atoms with Gasteiger partial charge in [-0.2, -0.15) is 0 Å². The fourth-order valence-corrected chi connectivity index (χ4v) is 1.61. The van der Waals surface area contributed by atoms with E-state index in [0.29, 0.717) is 0 Å². The van der Waals surface area contributed by atoms with Crippen LogP contribution in [-0.4, -0.2) is 18.0 Å². The Labute approximate surface area is 104 Å². The lowest BCUT2D eigenvalue weighted by atomic mass is 10.1. The molecule has 0 radical (unpaired) electrons. The minimum atomic E-state index is -0.218. The third-order valence-electron chi connectivity index (χ3n) is 2.54. The number of hydrogen-bond donors (Lipinski definition) is 2. The Kier molecular flexibility index (Phi) is 5.01. The number of amides is 1. The van der Waals surface area contributed by atoms with Gasteiger partial charge in [-0.25, -0.2) is 0 Å². The zero-order chi connectivity index (χ0) is 12.8. The molecule has 0 aliphatic heterocycles. The van der Waals surface area contributed by atoms with Crippen molar-refractivity contribution in [1.29, 1.82) is 0 Å². The molecule has 1 amide bonds. The van der Waals surface area contributed by atoms with E-state index in [1.54, 1.807) is 0 Å². The highest BCUT2D eigenvalue weighted by Gasteiger charge is 2.12. The van der Waals surface area contributed by atoms with Crippen LogP contribution in [0.1, 0.15) is 33.3 Å². The Bertz CT molecular complexity index is 374. The Morgan fingerprint density at radius 1 is 1.29 bits per heavy atom. The molecule has 3 heteroatoms. The first-order valence-corrected chi connectivity index (χ1v) is 6.18. The smallest absolute Gasteiger partial charge is 0.242 e. The van der Waals surface area contributed by atoms with Gasteiger partial charge in [0.25, 0.3) is 0 Å². The second kappa shape index (κ2) is 6.28. The Balaban J connectivity index is 2.60. The summed E-state index contributed by atoms with van der Waals surface area (Å²) in [6.45, 7) is 7.91. The zero-order valence-electron chi connectivity index (χ0n) is 11.1. The first-order chi connectivity index (χ1) is 8.02. The molecule has 0 spiro atoms. The molecule has 94 valence electrons. The lowest BCUT2D eigenvalue weighted by Crippen LogP contribution is -2.40. The van der Waals surface area contributed by atoms with Crippen LogP contribution in [0.4, 0.5) is 5.69 Å². The number of carbonyl (C=O) groups excluding carboxylic acids is 1. The van der Waals surface area contributed by atoms with Gasteiger partial charge in [-0.05, 0) is 44.9 Å². The van der Waals surface area contributed by atoms with Crippen LogP contribution in [-0.2, 0) is 11.2 Å². The minimum absolute atomic E-state index is 0.0295. The van der Waals surface area contributed by atoms with Gasteiger partial charge in [0.15, 0.2) is 0 Å². The van der Waals surface area contributed by atoms with Crippen LogP contribution < -0.4 is 10.6 Å². The van der Waals surface area contributed by atoms with Gasteiger partial charge in [-0.1, -0.05) is 19.1 Å². The average molecular weight is 234 g/mol. The standard InChI is InChI=1S/C14H22N2O/c1-5-12-7-6-8-13(9-12)16-11(4)14(17)15-10(2)3/h6-11,16H,5H2,1-4H3,(H,15,17). The van der Waals surface area contributed by atoms with E-state index in [1.807, 2.05) is 32.9 Å². The molecule has 0 bridgehead atoms. The van der Waals surface area contributed by atoms with Gasteiger partial charge in [-0.3, -0.25) is 4.79 Å². The molecule has 1 rings (SSSR count). The SMILES string of the molecule is CCc1cccc(NC(C)C(=O)NC(C)C)c1. The number of benzene rings is 1. The summed E-state index contributed by atoms with van der Waals surface area (Å²) in [6, 6.07) is 8.12. The highest BCUT2D eigenvalue weighted by atomic mass is 16.2. The van der Waals surface area contributed by atoms with Crippen LogP contribution in [0.5, 0.6) is 0 Å². The summed E-state index contributed by atoms with van der Waals surface area (Å²) in [4.78, 5) is 11.7. The van der Waals surface area contributed by atoms with Crippen molar-refractivity contribution in [2.45, 2.75) is 46.2 Å². The lowest BCUT2D eigenvalue weighted by Gasteiger charge is -2.17. The minimum Gasteiger partial charge on any atom is -0.374 e. The maximum Gasteiger partial charge on any atom is 0.242 e. The molecular weight excluding hydrogens is 212 g/mol. The van der Waals surface area contributed by atoms with E-state index in [4.69, 9.17) is 0 Å². The van der Waals surface area contributed by atoms with E-state index in [2.05, 4.69) is 29.7 Å². The zero-order valence-corrected chi connectivity index (χ0v) is 11.1. The van der Waals surface area contributed by atoms with E-state index in [1.165, 1.54) is 5.56 Å². The molecule has 3 nitrogen and oxygen atoms in total. The molecule has 0 fully saturated rings. The van der Waals surface area contributed by atoms with Crippen molar-refractivity contribution in [3.8, 4) is 0 Å². The van der Waals surface area contributed by atoms with Gasteiger partial charge in [0.05, 0.1) is 0 Å². The largest absolute Gasteiger partial charge is 0.374 e. The van der Waals surface area contributed by atoms with Gasteiger partial charge < -0.3 is 10.6 Å². The second-order valence-electron chi connectivity index (χ2n) is 4.58. The number of anilines is 1. The molecule has 2 N–H and O–H groups in total. The molecule has 0 saturated carbocycles. The monoisotopic (exact) mass is 234 g/mol. The first-order valence-electron chi connectivity index (χ1n) is 6.18. The molecule has 0 heterocycles. The van der Waals surface area contributed by atoms with Gasteiger partial charge >= 0.3 is 0 Å². The molecular formula is C14H22N2O. The van der Waals surface area contributed by atoms with E-state index in [0.717, 1.165) is 12.1 Å². The molecule has 1 aromatic rings. The molecule has 1 atom stereocenters. The maximum absolute atomic E-state index is 11.7. The molecule has 0 aliphatic carbocycles. The molecule has 0 aromatic heterocycles. The van der Waals surface area contributed by atoms with Gasteiger partial charge in [0.1, 0.15) is 6.04 Å². The third-order valence-corrected chi connectivity index (χ3v) is 2.54. The second-order valence-corrected chi connectivity index (χ2v) is 4.58. The molecule has 0 saturated heterocycles. The first kappa shape index (κ1) is 13.6. The van der Waals surface area contributed by atoms with Crippen molar-refractivity contribution in [3.05, 3.63) is 29.8 Å². The Morgan fingerprint density at radius 2 is 2.00 bits per heavy atom. The Hall–Kier alpha value is -1.51. The van der Waals surface area contributed by atoms with Crippen LogP contribution in [0.2, 0.25) is 0 Å². The number of nitrogens with one attached hydrogen (secondary N) is 2. The van der Waals surface area contributed by atoms with Gasteiger partial charge in [0, 0.05) is 11.7 Å². The predicted octanol–water partition coefficient (Wildman–Crippen LogP) is 2.57. The summed E-state index contributed by atoms with van der Waals surface area (Å²) < 4.78 is 0. The predicted molar refractivity (Wildman–Crippen MR) is 72.2 cm³/mol. The summed E-state index contributed by atoms with van der Waals surface area (Å²) in [5, 5.41) is 6.10. The lowest BCUT2D eigenvalue weighted by molar-refractivity contribution is -0.122. The van der Waals surface area contributed by atoms with Crippen LogP contribution in [0.15, 0.2) is 24.3 Å². The number of rotatable bonds is 5. The number of carbonyl (C=O) groups is 1. The number of hydrogen-bond acceptors (Lipinski definition) is 2. The van der Waals surface area contributed by atoms with E-state index in [9.17, 15) is 4.79 Å². The van der Waals surface area contributed by atoms with E-state index >= 15 is 0 Å². The normalized spacial score (nSPS) is 12.3.